The lowest BCUT2D eigenvalue weighted by molar-refractivity contribution is -0.119. The van der Waals surface area contributed by atoms with Crippen molar-refractivity contribution < 1.29 is 14.3 Å². The molecule has 1 fully saturated rings. The van der Waals surface area contributed by atoms with Crippen LogP contribution in [-0.4, -0.2) is 48.1 Å². The predicted molar refractivity (Wildman–Crippen MR) is 111 cm³/mol. The van der Waals surface area contributed by atoms with Gasteiger partial charge < -0.3 is 21.1 Å². The molecule has 0 bridgehead atoms. The second-order valence-electron chi connectivity index (χ2n) is 6.39. The van der Waals surface area contributed by atoms with E-state index in [-0.39, 0.29) is 48.2 Å². The van der Waals surface area contributed by atoms with Crippen LogP contribution in [0.2, 0.25) is 0 Å². The Morgan fingerprint density at radius 1 is 1.46 bits per heavy atom. The first-order chi connectivity index (χ1) is 12.0. The first kappa shape index (κ1) is 22.6. The number of amides is 1. The summed E-state index contributed by atoms with van der Waals surface area (Å²) in [5.74, 6) is 0.345. The smallest absolute Gasteiger partial charge is 0.217 e. The van der Waals surface area contributed by atoms with E-state index in [1.54, 1.807) is 12.1 Å². The predicted octanol–water partition coefficient (Wildman–Crippen LogP) is 2.03. The Kier molecular flexibility index (Phi) is 9.85. The number of likely N-dealkylation sites (tertiary alicyclic amines) is 1. The zero-order valence-electron chi connectivity index (χ0n) is 15.0. The second-order valence-corrected chi connectivity index (χ2v) is 6.39. The van der Waals surface area contributed by atoms with Crippen LogP contribution >= 0.6 is 24.0 Å². The minimum Gasteiger partial charge on any atom is -0.386 e. The maximum absolute atomic E-state index is 13.0. The van der Waals surface area contributed by atoms with Crippen molar-refractivity contribution in [2.75, 3.05) is 26.2 Å². The fourth-order valence-electron chi connectivity index (χ4n) is 3.10. The molecule has 0 spiro atoms. The molecule has 8 heteroatoms. The van der Waals surface area contributed by atoms with Crippen LogP contribution in [0.5, 0.6) is 0 Å². The molecule has 1 aromatic rings. The first-order valence-electron chi connectivity index (χ1n) is 8.74. The standard InChI is InChI=1S/C18H27FN4O2.HI/c1-2-21-18(23-9-3-4-13(12-23)10-17(20)25)22-11-16(24)14-5-7-15(19)8-6-14;/h5-8,13,16,24H,2-4,9-12H2,1H3,(H2,20,25)(H,21,22);1H. The van der Waals surface area contributed by atoms with Crippen molar-refractivity contribution >= 4 is 35.8 Å². The number of guanidine groups is 1. The largest absolute Gasteiger partial charge is 0.386 e. The summed E-state index contributed by atoms with van der Waals surface area (Å²) in [6.07, 6.45) is 1.55. The number of nitrogens with one attached hydrogen (secondary N) is 1. The Balaban J connectivity index is 0.00000338. The molecular formula is C18H28FIN4O2. The fourth-order valence-corrected chi connectivity index (χ4v) is 3.10. The van der Waals surface area contributed by atoms with Crippen LogP contribution < -0.4 is 11.1 Å². The Bertz CT molecular complexity index is 597. The number of halogens is 2. The van der Waals surface area contributed by atoms with Crippen LogP contribution in [0, 0.1) is 11.7 Å². The van der Waals surface area contributed by atoms with Crippen molar-refractivity contribution in [3.05, 3.63) is 35.6 Å². The van der Waals surface area contributed by atoms with Gasteiger partial charge in [-0.2, -0.15) is 0 Å². The first-order valence-corrected chi connectivity index (χ1v) is 8.74. The van der Waals surface area contributed by atoms with Gasteiger partial charge >= 0.3 is 0 Å². The van der Waals surface area contributed by atoms with E-state index < -0.39 is 6.10 Å². The molecule has 0 aliphatic carbocycles. The molecule has 1 saturated heterocycles. The van der Waals surface area contributed by atoms with Gasteiger partial charge in [0, 0.05) is 26.1 Å². The normalized spacial score (nSPS) is 18.8. The molecule has 0 aromatic heterocycles. The minimum absolute atomic E-state index is 0. The zero-order valence-corrected chi connectivity index (χ0v) is 17.4. The summed E-state index contributed by atoms with van der Waals surface area (Å²) in [6.45, 7) is 4.46. The van der Waals surface area contributed by atoms with Gasteiger partial charge in [-0.1, -0.05) is 12.1 Å². The van der Waals surface area contributed by atoms with Gasteiger partial charge in [-0.3, -0.25) is 9.79 Å². The molecule has 1 amide bonds. The maximum atomic E-state index is 13.0. The molecule has 1 aromatic carbocycles. The summed E-state index contributed by atoms with van der Waals surface area (Å²) in [5.41, 5.74) is 5.94. The molecular weight excluding hydrogens is 450 g/mol. The number of carbonyl (C=O) groups excluding carboxylic acids is 1. The molecule has 2 rings (SSSR count). The summed E-state index contributed by atoms with van der Waals surface area (Å²) in [5, 5.41) is 13.5. The van der Waals surface area contributed by atoms with Crippen molar-refractivity contribution in [1.82, 2.24) is 10.2 Å². The highest BCUT2D eigenvalue weighted by Crippen LogP contribution is 2.20. The molecule has 6 nitrogen and oxygen atoms in total. The minimum atomic E-state index is -0.791. The highest BCUT2D eigenvalue weighted by Gasteiger charge is 2.23. The van der Waals surface area contributed by atoms with Crippen LogP contribution in [-0.2, 0) is 4.79 Å². The van der Waals surface area contributed by atoms with Crippen LogP contribution in [0.15, 0.2) is 29.3 Å². The van der Waals surface area contributed by atoms with Crippen LogP contribution in [0.1, 0.15) is 37.9 Å². The highest BCUT2D eigenvalue weighted by molar-refractivity contribution is 14.0. The quantitative estimate of drug-likeness (QED) is 0.332. The Morgan fingerprint density at radius 2 is 2.15 bits per heavy atom. The number of benzene rings is 1. The molecule has 26 heavy (non-hydrogen) atoms. The lowest BCUT2D eigenvalue weighted by Crippen LogP contribution is -2.47. The third-order valence-corrected chi connectivity index (χ3v) is 4.31. The number of hydrogen-bond donors (Lipinski definition) is 3. The van der Waals surface area contributed by atoms with Crippen molar-refractivity contribution in [2.24, 2.45) is 16.6 Å². The zero-order chi connectivity index (χ0) is 18.2. The third-order valence-electron chi connectivity index (χ3n) is 4.31. The number of hydrogen-bond acceptors (Lipinski definition) is 3. The van der Waals surface area contributed by atoms with E-state index in [2.05, 4.69) is 15.2 Å². The van der Waals surface area contributed by atoms with Crippen LogP contribution in [0.4, 0.5) is 4.39 Å². The number of aliphatic imine (C=N–C) groups is 1. The second kappa shape index (κ2) is 11.3. The number of carbonyl (C=O) groups is 1. The van der Waals surface area contributed by atoms with E-state index in [9.17, 15) is 14.3 Å². The average Bonchev–Trinajstić information content (AvgIpc) is 2.58. The average molecular weight is 478 g/mol. The van der Waals surface area contributed by atoms with Gasteiger partial charge in [0.1, 0.15) is 5.82 Å². The maximum Gasteiger partial charge on any atom is 0.217 e. The number of nitrogens with two attached hydrogens (primary N) is 1. The van der Waals surface area contributed by atoms with Gasteiger partial charge in [-0.05, 0) is 43.4 Å². The molecule has 0 saturated carbocycles. The SMILES string of the molecule is CCNC(=NCC(O)c1ccc(F)cc1)N1CCCC(CC(N)=O)C1.I. The van der Waals surface area contributed by atoms with Gasteiger partial charge in [0.05, 0.1) is 12.6 Å². The van der Waals surface area contributed by atoms with E-state index >= 15 is 0 Å². The van der Waals surface area contributed by atoms with E-state index in [4.69, 9.17) is 5.73 Å². The fraction of sp³-hybridized carbons (Fsp3) is 0.556. The van der Waals surface area contributed by atoms with E-state index in [0.29, 0.717) is 18.5 Å². The topological polar surface area (TPSA) is 91.0 Å². The Hall–Kier alpha value is -1.42. The molecule has 1 aliphatic rings. The summed E-state index contributed by atoms with van der Waals surface area (Å²) in [6, 6.07) is 5.78. The summed E-state index contributed by atoms with van der Waals surface area (Å²) in [4.78, 5) is 17.8. The lowest BCUT2D eigenvalue weighted by atomic mass is 9.95. The monoisotopic (exact) mass is 478 g/mol. The lowest BCUT2D eigenvalue weighted by Gasteiger charge is -2.34. The molecule has 0 radical (unpaired) electrons. The number of primary amides is 1. The van der Waals surface area contributed by atoms with Crippen molar-refractivity contribution in [3.63, 3.8) is 0 Å². The van der Waals surface area contributed by atoms with E-state index in [0.717, 1.165) is 31.9 Å². The van der Waals surface area contributed by atoms with Gasteiger partial charge in [-0.25, -0.2) is 4.39 Å². The van der Waals surface area contributed by atoms with Crippen molar-refractivity contribution in [1.29, 1.82) is 0 Å². The summed E-state index contributed by atoms with van der Waals surface area (Å²) < 4.78 is 13.0. The van der Waals surface area contributed by atoms with Crippen molar-refractivity contribution in [3.8, 4) is 0 Å². The Labute approximate surface area is 171 Å². The Morgan fingerprint density at radius 3 is 2.77 bits per heavy atom. The molecule has 146 valence electrons. The summed E-state index contributed by atoms with van der Waals surface area (Å²) in [7, 11) is 0. The number of piperidine rings is 1. The molecule has 1 heterocycles. The van der Waals surface area contributed by atoms with Gasteiger partial charge in [-0.15, -0.1) is 24.0 Å². The van der Waals surface area contributed by atoms with Gasteiger partial charge in [0.15, 0.2) is 5.96 Å². The highest BCUT2D eigenvalue weighted by atomic mass is 127. The van der Waals surface area contributed by atoms with Gasteiger partial charge in [0.25, 0.3) is 0 Å². The molecule has 2 atom stereocenters. The number of aliphatic hydroxyl groups excluding tert-OH is 1. The molecule has 1 aliphatic heterocycles. The van der Waals surface area contributed by atoms with Gasteiger partial charge in [0.2, 0.25) is 5.91 Å². The molecule has 4 N–H and O–H groups in total. The number of nitrogens with zero attached hydrogens (tertiary/aromatic N) is 2. The third kappa shape index (κ3) is 7.06. The van der Waals surface area contributed by atoms with E-state index in [1.807, 2.05) is 6.92 Å². The van der Waals surface area contributed by atoms with Crippen LogP contribution in [0.25, 0.3) is 0 Å². The van der Waals surface area contributed by atoms with Crippen LogP contribution in [0.3, 0.4) is 0 Å². The number of aliphatic hydroxyl groups is 1. The van der Waals surface area contributed by atoms with E-state index in [1.165, 1.54) is 12.1 Å². The number of rotatable bonds is 6. The summed E-state index contributed by atoms with van der Waals surface area (Å²) >= 11 is 0. The molecule has 2 unspecified atom stereocenters. The van der Waals surface area contributed by atoms with Crippen molar-refractivity contribution in [2.45, 2.75) is 32.3 Å².